The SMILES string of the molecule is CCOc1cc(C)ccc1-c1nc(-c2ccc(C)cc2O)nc(-c2ccc(C)cc2O)n1. The van der Waals surface area contributed by atoms with Gasteiger partial charge in [-0.3, -0.25) is 0 Å². The number of aromatic hydroxyl groups is 2. The third-order valence-electron chi connectivity index (χ3n) is 5.10. The standard InChI is InChI=1S/C26H25N3O3/c1-5-32-23-14-17(4)8-11-20(23)26-28-24(18-9-6-15(2)12-21(18)30)27-25(29-26)19-10-7-16(3)13-22(19)31/h6-14,30-31H,5H2,1-4H3. The quantitative estimate of drug-likeness (QED) is 0.430. The Morgan fingerprint density at radius 3 is 1.47 bits per heavy atom. The molecule has 6 heteroatoms. The Morgan fingerprint density at radius 1 is 0.625 bits per heavy atom. The normalized spacial score (nSPS) is 10.9. The Bertz CT molecular complexity index is 1230. The lowest BCUT2D eigenvalue weighted by Gasteiger charge is -2.13. The molecule has 0 aliphatic rings. The highest BCUT2D eigenvalue weighted by atomic mass is 16.5. The predicted molar refractivity (Wildman–Crippen MR) is 125 cm³/mol. The van der Waals surface area contributed by atoms with Gasteiger partial charge in [-0.1, -0.05) is 18.2 Å². The maximum atomic E-state index is 10.6. The number of phenols is 2. The van der Waals surface area contributed by atoms with Gasteiger partial charge >= 0.3 is 0 Å². The molecule has 162 valence electrons. The van der Waals surface area contributed by atoms with Crippen LogP contribution in [0.15, 0.2) is 54.6 Å². The number of aryl methyl sites for hydroxylation is 3. The first-order valence-electron chi connectivity index (χ1n) is 10.5. The molecule has 32 heavy (non-hydrogen) atoms. The average molecular weight is 428 g/mol. The number of hydrogen-bond acceptors (Lipinski definition) is 6. The molecule has 0 radical (unpaired) electrons. The third-order valence-corrected chi connectivity index (χ3v) is 5.10. The molecule has 0 atom stereocenters. The zero-order valence-electron chi connectivity index (χ0n) is 18.5. The Morgan fingerprint density at radius 2 is 1.03 bits per heavy atom. The molecule has 0 aliphatic carbocycles. The van der Waals surface area contributed by atoms with Crippen molar-refractivity contribution in [2.75, 3.05) is 6.61 Å². The lowest BCUT2D eigenvalue weighted by atomic mass is 10.1. The van der Waals surface area contributed by atoms with Crippen molar-refractivity contribution in [3.63, 3.8) is 0 Å². The fraction of sp³-hybridized carbons (Fsp3) is 0.192. The molecule has 0 spiro atoms. The van der Waals surface area contributed by atoms with Crippen LogP contribution in [0.25, 0.3) is 34.2 Å². The number of rotatable bonds is 5. The second-order valence-electron chi connectivity index (χ2n) is 7.78. The fourth-order valence-electron chi connectivity index (χ4n) is 3.49. The highest BCUT2D eigenvalue weighted by Gasteiger charge is 2.18. The molecule has 0 fully saturated rings. The Hall–Kier alpha value is -3.93. The maximum absolute atomic E-state index is 10.6. The summed E-state index contributed by atoms with van der Waals surface area (Å²) in [6.45, 7) is 8.21. The Balaban J connectivity index is 1.98. The second kappa shape index (κ2) is 8.67. The number of aromatic nitrogens is 3. The van der Waals surface area contributed by atoms with Crippen molar-refractivity contribution < 1.29 is 14.9 Å². The highest BCUT2D eigenvalue weighted by molar-refractivity contribution is 5.74. The predicted octanol–water partition coefficient (Wildman–Crippen LogP) is 5.61. The van der Waals surface area contributed by atoms with Gasteiger partial charge in [-0.25, -0.2) is 15.0 Å². The van der Waals surface area contributed by atoms with Gasteiger partial charge in [0.15, 0.2) is 17.5 Å². The molecule has 2 N–H and O–H groups in total. The van der Waals surface area contributed by atoms with Crippen LogP contribution in [0, 0.1) is 20.8 Å². The van der Waals surface area contributed by atoms with Gasteiger partial charge in [0.1, 0.15) is 17.2 Å². The zero-order valence-corrected chi connectivity index (χ0v) is 18.5. The molecule has 0 bridgehead atoms. The highest BCUT2D eigenvalue weighted by Crippen LogP contribution is 2.35. The monoisotopic (exact) mass is 427 g/mol. The van der Waals surface area contributed by atoms with Gasteiger partial charge in [0.2, 0.25) is 0 Å². The van der Waals surface area contributed by atoms with Crippen molar-refractivity contribution in [1.82, 2.24) is 15.0 Å². The summed E-state index contributed by atoms with van der Waals surface area (Å²) in [5.41, 5.74) is 4.58. The smallest absolute Gasteiger partial charge is 0.167 e. The van der Waals surface area contributed by atoms with Crippen LogP contribution in [0.4, 0.5) is 0 Å². The van der Waals surface area contributed by atoms with Crippen molar-refractivity contribution >= 4 is 0 Å². The zero-order chi connectivity index (χ0) is 22.8. The van der Waals surface area contributed by atoms with E-state index in [0.29, 0.717) is 46.5 Å². The molecule has 0 aliphatic heterocycles. The van der Waals surface area contributed by atoms with E-state index >= 15 is 0 Å². The lowest BCUT2D eigenvalue weighted by Crippen LogP contribution is -2.03. The first kappa shape index (κ1) is 21.3. The van der Waals surface area contributed by atoms with E-state index in [1.807, 2.05) is 58.0 Å². The second-order valence-corrected chi connectivity index (χ2v) is 7.78. The Labute approximate surface area is 187 Å². The summed E-state index contributed by atoms with van der Waals surface area (Å²) in [6, 6.07) is 16.5. The minimum absolute atomic E-state index is 0.0789. The van der Waals surface area contributed by atoms with E-state index < -0.39 is 0 Å². The van der Waals surface area contributed by atoms with Crippen LogP contribution in [0.2, 0.25) is 0 Å². The number of benzene rings is 3. The molecule has 4 aromatic rings. The van der Waals surface area contributed by atoms with E-state index in [1.54, 1.807) is 24.3 Å². The van der Waals surface area contributed by atoms with Crippen LogP contribution in [-0.2, 0) is 0 Å². The molecule has 0 amide bonds. The van der Waals surface area contributed by atoms with Gasteiger partial charge in [0.05, 0.1) is 23.3 Å². The maximum Gasteiger partial charge on any atom is 0.167 e. The van der Waals surface area contributed by atoms with Gasteiger partial charge in [-0.05, 0) is 80.8 Å². The summed E-state index contributed by atoms with van der Waals surface area (Å²) in [7, 11) is 0. The lowest BCUT2D eigenvalue weighted by molar-refractivity contribution is 0.341. The molecule has 0 unspecified atom stereocenters. The van der Waals surface area contributed by atoms with Crippen molar-refractivity contribution in [2.24, 2.45) is 0 Å². The van der Waals surface area contributed by atoms with Gasteiger partial charge < -0.3 is 14.9 Å². The van der Waals surface area contributed by atoms with Gasteiger partial charge in [-0.15, -0.1) is 0 Å². The van der Waals surface area contributed by atoms with E-state index in [4.69, 9.17) is 4.74 Å². The Kier molecular flexibility index (Phi) is 5.77. The number of nitrogens with zero attached hydrogens (tertiary/aromatic N) is 3. The van der Waals surface area contributed by atoms with Gasteiger partial charge in [0.25, 0.3) is 0 Å². The van der Waals surface area contributed by atoms with Crippen LogP contribution in [0.1, 0.15) is 23.6 Å². The molecule has 3 aromatic carbocycles. The number of hydrogen-bond donors (Lipinski definition) is 2. The van der Waals surface area contributed by atoms with Crippen LogP contribution in [-0.4, -0.2) is 31.8 Å². The largest absolute Gasteiger partial charge is 0.507 e. The van der Waals surface area contributed by atoms with E-state index in [1.165, 1.54) is 0 Å². The molecule has 0 saturated carbocycles. The summed E-state index contributed by atoms with van der Waals surface area (Å²) < 4.78 is 5.84. The molecule has 6 nitrogen and oxygen atoms in total. The summed E-state index contributed by atoms with van der Waals surface area (Å²) in [6.07, 6.45) is 0. The van der Waals surface area contributed by atoms with E-state index in [-0.39, 0.29) is 11.5 Å². The molecular formula is C26H25N3O3. The first-order chi connectivity index (χ1) is 15.4. The fourth-order valence-corrected chi connectivity index (χ4v) is 3.49. The third kappa shape index (κ3) is 4.25. The van der Waals surface area contributed by atoms with E-state index in [0.717, 1.165) is 16.7 Å². The van der Waals surface area contributed by atoms with E-state index in [2.05, 4.69) is 15.0 Å². The molecule has 1 heterocycles. The van der Waals surface area contributed by atoms with Crippen LogP contribution in [0.3, 0.4) is 0 Å². The molecule has 4 rings (SSSR count). The van der Waals surface area contributed by atoms with Gasteiger partial charge in [-0.2, -0.15) is 0 Å². The van der Waals surface area contributed by atoms with Crippen molar-refractivity contribution in [3.05, 3.63) is 71.3 Å². The first-order valence-corrected chi connectivity index (χ1v) is 10.5. The molecule has 1 aromatic heterocycles. The van der Waals surface area contributed by atoms with Crippen LogP contribution >= 0.6 is 0 Å². The summed E-state index contributed by atoms with van der Waals surface area (Å²) in [5, 5.41) is 21.1. The minimum Gasteiger partial charge on any atom is -0.507 e. The van der Waals surface area contributed by atoms with Crippen molar-refractivity contribution in [2.45, 2.75) is 27.7 Å². The van der Waals surface area contributed by atoms with Crippen molar-refractivity contribution in [1.29, 1.82) is 0 Å². The average Bonchev–Trinajstić information content (AvgIpc) is 2.74. The van der Waals surface area contributed by atoms with E-state index in [9.17, 15) is 10.2 Å². The minimum atomic E-state index is 0.0789. The summed E-state index contributed by atoms with van der Waals surface area (Å²) >= 11 is 0. The topological polar surface area (TPSA) is 88.4 Å². The molecular weight excluding hydrogens is 402 g/mol. The van der Waals surface area contributed by atoms with Crippen LogP contribution < -0.4 is 4.74 Å². The summed E-state index contributed by atoms with van der Waals surface area (Å²) in [5.74, 6) is 1.84. The number of phenolic OH excluding ortho intramolecular Hbond substituents is 2. The number of ether oxygens (including phenoxy) is 1. The van der Waals surface area contributed by atoms with Gasteiger partial charge in [0, 0.05) is 0 Å². The summed E-state index contributed by atoms with van der Waals surface area (Å²) in [4.78, 5) is 13.9. The molecule has 0 saturated heterocycles. The van der Waals surface area contributed by atoms with Crippen LogP contribution in [0.5, 0.6) is 17.2 Å². The van der Waals surface area contributed by atoms with Crippen molar-refractivity contribution in [3.8, 4) is 51.4 Å².